The van der Waals surface area contributed by atoms with Crippen molar-refractivity contribution in [1.29, 1.82) is 0 Å². The molecule has 1 saturated heterocycles. The Hall–Kier alpha value is -5.95. The number of anilines is 2. The maximum absolute atomic E-state index is 16.6. The average molecular weight is 755 g/mol. The van der Waals surface area contributed by atoms with E-state index in [1.54, 1.807) is 36.4 Å². The van der Waals surface area contributed by atoms with E-state index >= 15 is 13.2 Å². The van der Waals surface area contributed by atoms with Gasteiger partial charge in [0.2, 0.25) is 5.95 Å². The number of tetrazole rings is 1. The van der Waals surface area contributed by atoms with Crippen LogP contribution in [0.4, 0.5) is 42.1 Å². The van der Waals surface area contributed by atoms with Gasteiger partial charge in [0.25, 0.3) is 0 Å². The van der Waals surface area contributed by atoms with Crippen LogP contribution in [0.5, 0.6) is 0 Å². The predicted octanol–water partition coefficient (Wildman–Crippen LogP) is 5.68. The Kier molecular flexibility index (Phi) is 9.30. The van der Waals surface area contributed by atoms with Crippen LogP contribution in [-0.4, -0.2) is 82.8 Å². The summed E-state index contributed by atoms with van der Waals surface area (Å²) in [6.45, 7) is 4.51. The normalized spacial score (nSPS) is 14.5. The van der Waals surface area contributed by atoms with Gasteiger partial charge in [-0.05, 0) is 83.9 Å². The number of aromatic nitrogens is 8. The molecule has 1 atom stereocenters. The second-order valence-corrected chi connectivity index (χ2v) is 13.0. The van der Waals surface area contributed by atoms with E-state index in [0.717, 1.165) is 33.6 Å². The molecule has 1 fully saturated rings. The first kappa shape index (κ1) is 36.4. The highest BCUT2D eigenvalue weighted by atomic mass is 19.4. The number of aliphatic hydroxyl groups excluding tert-OH is 1. The molecule has 1 aliphatic rings. The van der Waals surface area contributed by atoms with E-state index in [9.17, 15) is 27.8 Å². The lowest BCUT2D eigenvalue weighted by atomic mass is 9.92. The first-order valence-electron chi connectivity index (χ1n) is 16.3. The zero-order valence-electron chi connectivity index (χ0n) is 28.3. The van der Waals surface area contributed by atoms with E-state index < -0.39 is 58.2 Å². The quantitative estimate of drug-likeness (QED) is 0.148. The molecule has 4 heterocycles. The fourth-order valence-electron chi connectivity index (χ4n) is 6.26. The smallest absolute Gasteiger partial charge is 0.384 e. The third-order valence-corrected chi connectivity index (χ3v) is 8.94. The lowest BCUT2D eigenvalue weighted by Crippen LogP contribution is -2.46. The number of benzene rings is 3. The highest BCUT2D eigenvalue weighted by molar-refractivity contribution is 5.87. The third-order valence-electron chi connectivity index (χ3n) is 8.94. The van der Waals surface area contributed by atoms with E-state index in [2.05, 4.69) is 35.7 Å². The lowest BCUT2D eigenvalue weighted by molar-refractivity contribution is -0.208. The maximum Gasteiger partial charge on any atom is 0.420 e. The van der Waals surface area contributed by atoms with Gasteiger partial charge in [0.15, 0.2) is 11.9 Å². The summed E-state index contributed by atoms with van der Waals surface area (Å²) in [7, 11) is 0. The lowest BCUT2D eigenvalue weighted by Gasteiger charge is -2.37. The first-order chi connectivity index (χ1) is 25.6. The van der Waals surface area contributed by atoms with Crippen LogP contribution in [-0.2, 0) is 5.60 Å². The van der Waals surface area contributed by atoms with Gasteiger partial charge < -0.3 is 20.0 Å². The SMILES string of the molecule is CC(C)(O)c1nc(F)c(-c2ccc(N3CCN(c4ccc(-n5cc([C@@H](O)C(F)(F)F)nn5)cc4)CC3)cc2-c2ccc(F)cc2F)c(F)c1-n1cnnn1. The Balaban J connectivity index is 1.18. The standard InChI is InChI=1S/C35H29F7N10O2/c1-34(2,54)31-30(52-18-43-46-48-52)29(38)28(33(39)44-31)24-10-8-22(16-25(24)23-9-3-19(36)15-26(23)37)50-13-11-49(12-14-50)20-4-6-21(7-5-20)51-17-27(45-47-51)32(53)35(40,41)42/h3-10,15-18,32,53-54H,11-14H2,1-2H3/t32-/m1/s1. The molecular weight excluding hydrogens is 725 g/mol. The molecule has 3 aromatic heterocycles. The molecule has 3 aromatic carbocycles. The summed E-state index contributed by atoms with van der Waals surface area (Å²) in [5, 5.41) is 38.0. The average Bonchev–Trinajstić information content (AvgIpc) is 3.84. The van der Waals surface area contributed by atoms with Gasteiger partial charge in [-0.3, -0.25) is 0 Å². The number of aliphatic hydroxyl groups is 2. The molecule has 280 valence electrons. The molecule has 0 saturated carbocycles. The number of hydrogen-bond donors (Lipinski definition) is 2. The molecular formula is C35H29F7N10O2. The number of nitrogens with zero attached hydrogens (tertiary/aromatic N) is 10. The Morgan fingerprint density at radius 3 is 1.98 bits per heavy atom. The van der Waals surface area contributed by atoms with Crippen molar-refractivity contribution in [3.8, 4) is 33.6 Å². The van der Waals surface area contributed by atoms with Gasteiger partial charge in [-0.25, -0.2) is 22.8 Å². The van der Waals surface area contributed by atoms with E-state index in [1.165, 1.54) is 26.0 Å². The molecule has 7 rings (SSSR count). The number of piperazine rings is 1. The van der Waals surface area contributed by atoms with Gasteiger partial charge >= 0.3 is 6.18 Å². The van der Waals surface area contributed by atoms with Gasteiger partial charge in [0.1, 0.15) is 40.6 Å². The van der Waals surface area contributed by atoms with E-state index in [-0.39, 0.29) is 22.4 Å². The van der Waals surface area contributed by atoms with Crippen molar-refractivity contribution in [1.82, 2.24) is 40.2 Å². The van der Waals surface area contributed by atoms with Gasteiger partial charge in [-0.1, -0.05) is 11.3 Å². The van der Waals surface area contributed by atoms with Crippen molar-refractivity contribution in [2.45, 2.75) is 31.7 Å². The van der Waals surface area contributed by atoms with Crippen molar-refractivity contribution in [3.63, 3.8) is 0 Å². The summed E-state index contributed by atoms with van der Waals surface area (Å²) < 4.78 is 103. The molecule has 12 nitrogen and oxygen atoms in total. The minimum atomic E-state index is -4.88. The molecule has 0 unspecified atom stereocenters. The first-order valence-corrected chi connectivity index (χ1v) is 16.3. The minimum Gasteiger partial charge on any atom is -0.384 e. The molecule has 2 N–H and O–H groups in total. The second-order valence-electron chi connectivity index (χ2n) is 13.0. The number of hydrogen-bond acceptors (Lipinski definition) is 10. The minimum absolute atomic E-state index is 0.0420. The third kappa shape index (κ3) is 6.94. The highest BCUT2D eigenvalue weighted by Crippen LogP contribution is 2.42. The fraction of sp³-hybridized carbons (Fsp3) is 0.257. The van der Waals surface area contributed by atoms with Crippen LogP contribution in [0.3, 0.4) is 0 Å². The summed E-state index contributed by atoms with van der Waals surface area (Å²) in [5.41, 5.74) is -2.29. The van der Waals surface area contributed by atoms with Crippen LogP contribution < -0.4 is 9.80 Å². The number of halogens is 7. The van der Waals surface area contributed by atoms with E-state index in [1.807, 2.05) is 4.90 Å². The Morgan fingerprint density at radius 2 is 1.37 bits per heavy atom. The van der Waals surface area contributed by atoms with Crippen molar-refractivity contribution >= 4 is 11.4 Å². The molecule has 19 heteroatoms. The molecule has 0 bridgehead atoms. The largest absolute Gasteiger partial charge is 0.420 e. The predicted molar refractivity (Wildman–Crippen MR) is 180 cm³/mol. The van der Waals surface area contributed by atoms with E-state index in [4.69, 9.17) is 0 Å². The van der Waals surface area contributed by atoms with Crippen molar-refractivity contribution in [3.05, 3.63) is 108 Å². The molecule has 54 heavy (non-hydrogen) atoms. The molecule has 6 aromatic rings. The van der Waals surface area contributed by atoms with Gasteiger partial charge in [0.05, 0.1) is 17.4 Å². The molecule has 0 aliphatic carbocycles. The molecule has 1 aliphatic heterocycles. The molecule has 0 radical (unpaired) electrons. The van der Waals surface area contributed by atoms with Gasteiger partial charge in [-0.15, -0.1) is 10.2 Å². The Labute approximate surface area is 301 Å². The number of pyridine rings is 1. The van der Waals surface area contributed by atoms with Gasteiger partial charge in [-0.2, -0.15) is 22.2 Å². The zero-order chi connectivity index (χ0) is 38.5. The summed E-state index contributed by atoms with van der Waals surface area (Å²) in [6.07, 6.45) is -5.59. The monoisotopic (exact) mass is 754 g/mol. The molecule has 0 spiro atoms. The van der Waals surface area contributed by atoms with Crippen LogP contribution in [0.15, 0.2) is 73.2 Å². The van der Waals surface area contributed by atoms with Crippen molar-refractivity contribution in [2.24, 2.45) is 0 Å². The number of rotatable bonds is 8. The zero-order valence-corrected chi connectivity index (χ0v) is 28.3. The second kappa shape index (κ2) is 13.8. The van der Waals surface area contributed by atoms with Gasteiger partial charge in [0, 0.05) is 49.2 Å². The topological polar surface area (TPSA) is 134 Å². The van der Waals surface area contributed by atoms with Crippen LogP contribution >= 0.6 is 0 Å². The summed E-state index contributed by atoms with van der Waals surface area (Å²) >= 11 is 0. The van der Waals surface area contributed by atoms with Crippen molar-refractivity contribution < 1.29 is 40.9 Å². The maximum atomic E-state index is 16.6. The number of alkyl halides is 3. The van der Waals surface area contributed by atoms with E-state index in [0.29, 0.717) is 43.6 Å². The molecule has 0 amide bonds. The Morgan fingerprint density at radius 1 is 0.741 bits per heavy atom. The van der Waals surface area contributed by atoms with Crippen molar-refractivity contribution in [2.75, 3.05) is 36.0 Å². The summed E-state index contributed by atoms with van der Waals surface area (Å²) in [4.78, 5) is 7.95. The van der Waals surface area contributed by atoms with Crippen LogP contribution in [0.25, 0.3) is 33.6 Å². The summed E-state index contributed by atoms with van der Waals surface area (Å²) in [5.74, 6) is -4.28. The van der Waals surface area contributed by atoms with Crippen LogP contribution in [0, 0.1) is 23.4 Å². The fourth-order valence-corrected chi connectivity index (χ4v) is 6.26. The van der Waals surface area contributed by atoms with Crippen LogP contribution in [0.2, 0.25) is 0 Å². The Bertz CT molecular complexity index is 2300. The highest BCUT2D eigenvalue weighted by Gasteiger charge is 2.41. The van der Waals surface area contributed by atoms with Crippen LogP contribution in [0.1, 0.15) is 31.3 Å². The summed E-state index contributed by atoms with van der Waals surface area (Å²) in [6, 6.07) is 14.3.